The van der Waals surface area contributed by atoms with Crippen molar-refractivity contribution in [2.45, 2.75) is 24.2 Å². The summed E-state index contributed by atoms with van der Waals surface area (Å²) in [7, 11) is 1.33. The van der Waals surface area contributed by atoms with E-state index in [1.54, 1.807) is 10.3 Å². The van der Waals surface area contributed by atoms with Crippen molar-refractivity contribution in [1.82, 2.24) is 14.5 Å². The predicted octanol–water partition coefficient (Wildman–Crippen LogP) is 1.46. The smallest absolute Gasteiger partial charge is 0.265 e. The summed E-state index contributed by atoms with van der Waals surface area (Å²) in [6.45, 7) is 2.40. The van der Waals surface area contributed by atoms with Crippen LogP contribution in [0.2, 0.25) is 0 Å². The average Bonchev–Trinajstić information content (AvgIpc) is 3.03. The Kier molecular flexibility index (Phi) is 6.19. The third-order valence-corrected chi connectivity index (χ3v) is 7.18. The van der Waals surface area contributed by atoms with E-state index in [2.05, 4.69) is 5.32 Å². The van der Waals surface area contributed by atoms with Gasteiger partial charge >= 0.3 is 0 Å². The molecule has 1 aliphatic rings. The maximum absolute atomic E-state index is 12.7. The van der Waals surface area contributed by atoms with Gasteiger partial charge in [0.05, 0.1) is 0 Å². The lowest BCUT2D eigenvalue weighted by molar-refractivity contribution is 0.0688. The van der Waals surface area contributed by atoms with Crippen molar-refractivity contribution >= 4 is 27.3 Å². The fraction of sp³-hybridized carbons (Fsp3) is 0.667. The number of likely N-dealkylation sites (tertiary alicyclic amines) is 1. The average molecular weight is 360 g/mol. The number of hydrogen-bond donors (Lipinski definition) is 1. The van der Waals surface area contributed by atoms with Crippen molar-refractivity contribution in [3.05, 3.63) is 16.3 Å². The normalized spacial score (nSPS) is 17.0. The highest BCUT2D eigenvalue weighted by molar-refractivity contribution is 7.89. The maximum Gasteiger partial charge on any atom is 0.265 e. The summed E-state index contributed by atoms with van der Waals surface area (Å²) in [6, 6.07) is 1.52. The highest BCUT2D eigenvalue weighted by Crippen LogP contribution is 2.28. The number of rotatable bonds is 6. The Morgan fingerprint density at radius 1 is 1.39 bits per heavy atom. The molecule has 0 radical (unpaired) electrons. The topological polar surface area (TPSA) is 69.7 Å². The van der Waals surface area contributed by atoms with E-state index in [1.807, 2.05) is 7.05 Å². The zero-order chi connectivity index (χ0) is 17.0. The Morgan fingerprint density at radius 2 is 2.04 bits per heavy atom. The summed E-state index contributed by atoms with van der Waals surface area (Å²) in [5.74, 6) is 0.479. The van der Waals surface area contributed by atoms with Crippen LogP contribution in [0.25, 0.3) is 0 Å². The van der Waals surface area contributed by atoms with Gasteiger partial charge in [-0.25, -0.2) is 12.7 Å². The lowest BCUT2D eigenvalue weighted by atomic mass is 9.93. The highest BCUT2D eigenvalue weighted by atomic mass is 32.2. The minimum atomic E-state index is -3.58. The summed E-state index contributed by atoms with van der Waals surface area (Å²) in [4.78, 5) is 14.9. The van der Waals surface area contributed by atoms with Gasteiger partial charge in [0.15, 0.2) is 0 Å². The molecular weight excluding hydrogens is 334 g/mol. The number of carbonyl (C=O) groups is 1. The molecule has 1 fully saturated rings. The monoisotopic (exact) mass is 359 g/mol. The Balaban J connectivity index is 2.07. The van der Waals surface area contributed by atoms with Crippen molar-refractivity contribution in [2.24, 2.45) is 5.92 Å². The molecule has 0 spiro atoms. The quantitative estimate of drug-likeness (QED) is 0.835. The third-order valence-electron chi connectivity index (χ3n) is 4.29. The molecule has 1 aromatic heterocycles. The zero-order valence-electron chi connectivity index (χ0n) is 13.9. The van der Waals surface area contributed by atoms with E-state index in [1.165, 1.54) is 31.5 Å². The third kappa shape index (κ3) is 4.12. The van der Waals surface area contributed by atoms with Crippen LogP contribution in [0, 0.1) is 5.92 Å². The largest absolute Gasteiger partial charge is 0.338 e. The molecule has 1 aromatic rings. The fourth-order valence-electron chi connectivity index (χ4n) is 2.77. The Labute approximate surface area is 142 Å². The van der Waals surface area contributed by atoms with E-state index in [9.17, 15) is 13.2 Å². The molecule has 1 N–H and O–H groups in total. The van der Waals surface area contributed by atoms with Crippen molar-refractivity contribution < 1.29 is 13.2 Å². The van der Waals surface area contributed by atoms with Crippen molar-refractivity contribution in [3.63, 3.8) is 0 Å². The van der Waals surface area contributed by atoms with Gasteiger partial charge in [0.1, 0.15) is 9.77 Å². The van der Waals surface area contributed by atoms with E-state index in [-0.39, 0.29) is 10.8 Å². The number of sulfonamides is 1. The number of carbonyl (C=O) groups excluding carboxylic acids is 1. The molecule has 1 saturated heterocycles. The molecule has 130 valence electrons. The molecule has 1 aliphatic heterocycles. The van der Waals surface area contributed by atoms with Gasteiger partial charge in [0, 0.05) is 27.2 Å². The molecule has 1 amide bonds. The Hall–Kier alpha value is -0.960. The van der Waals surface area contributed by atoms with Crippen LogP contribution >= 0.6 is 11.3 Å². The lowest BCUT2D eigenvalue weighted by Crippen LogP contribution is -2.39. The molecule has 0 atom stereocenters. The van der Waals surface area contributed by atoms with Crippen molar-refractivity contribution in [3.8, 4) is 0 Å². The number of nitrogens with one attached hydrogen (secondary N) is 1. The van der Waals surface area contributed by atoms with E-state index in [0.29, 0.717) is 23.9 Å². The first-order valence-electron chi connectivity index (χ1n) is 7.81. The van der Waals surface area contributed by atoms with Gasteiger partial charge in [-0.15, -0.1) is 11.3 Å². The van der Waals surface area contributed by atoms with E-state index >= 15 is 0 Å². The van der Waals surface area contributed by atoms with E-state index in [4.69, 9.17) is 0 Å². The molecule has 8 heteroatoms. The predicted molar refractivity (Wildman–Crippen MR) is 92.4 cm³/mol. The van der Waals surface area contributed by atoms with Crippen LogP contribution in [-0.2, 0) is 10.0 Å². The van der Waals surface area contributed by atoms with Crippen LogP contribution < -0.4 is 5.32 Å². The second kappa shape index (κ2) is 7.74. The van der Waals surface area contributed by atoms with E-state index < -0.39 is 10.0 Å². The Bertz CT molecular complexity index is 632. The summed E-state index contributed by atoms with van der Waals surface area (Å²) in [5, 5.41) is 4.83. The van der Waals surface area contributed by atoms with Crippen molar-refractivity contribution in [2.75, 3.05) is 40.8 Å². The molecular formula is C15H25N3O3S2. The zero-order valence-corrected chi connectivity index (χ0v) is 15.5. The summed E-state index contributed by atoms with van der Waals surface area (Å²) in [6.07, 6.45) is 3.08. The summed E-state index contributed by atoms with van der Waals surface area (Å²) < 4.78 is 25.8. The molecule has 23 heavy (non-hydrogen) atoms. The van der Waals surface area contributed by atoms with Crippen LogP contribution in [0.4, 0.5) is 0 Å². The van der Waals surface area contributed by atoms with Gasteiger partial charge in [-0.1, -0.05) is 0 Å². The molecule has 2 rings (SSSR count). The SMILES string of the molecule is CNCCC1CCN(C(=O)c2sccc2S(=O)(=O)N(C)C)CC1. The number of nitrogens with zero attached hydrogens (tertiary/aromatic N) is 2. The fourth-order valence-corrected chi connectivity index (χ4v) is 5.03. The maximum atomic E-state index is 12.7. The molecule has 2 heterocycles. The molecule has 0 aliphatic carbocycles. The van der Waals surface area contributed by atoms with Gasteiger partial charge in [0.25, 0.3) is 5.91 Å². The van der Waals surface area contributed by atoms with Gasteiger partial charge in [-0.2, -0.15) is 0 Å². The van der Waals surface area contributed by atoms with Crippen LogP contribution in [0.1, 0.15) is 28.9 Å². The molecule has 6 nitrogen and oxygen atoms in total. The van der Waals surface area contributed by atoms with Crippen LogP contribution in [0.15, 0.2) is 16.3 Å². The standard InChI is InChI=1S/C15H25N3O3S2/c1-16-8-4-12-5-9-18(10-6-12)15(19)14-13(7-11-22-14)23(20,21)17(2)3/h7,11-12,16H,4-6,8-10H2,1-3H3. The highest BCUT2D eigenvalue weighted by Gasteiger charge is 2.30. The second-order valence-corrected chi connectivity index (χ2v) is 9.07. The minimum Gasteiger partial charge on any atom is -0.338 e. The lowest BCUT2D eigenvalue weighted by Gasteiger charge is -2.32. The van der Waals surface area contributed by atoms with Gasteiger partial charge in [-0.05, 0) is 50.2 Å². The number of hydrogen-bond acceptors (Lipinski definition) is 5. The Morgan fingerprint density at radius 3 is 2.61 bits per heavy atom. The van der Waals surface area contributed by atoms with Gasteiger partial charge in [-0.3, -0.25) is 4.79 Å². The number of thiophene rings is 1. The van der Waals surface area contributed by atoms with Crippen LogP contribution in [-0.4, -0.2) is 64.3 Å². The number of piperidine rings is 1. The van der Waals surface area contributed by atoms with Crippen LogP contribution in [0.3, 0.4) is 0 Å². The molecule has 0 unspecified atom stereocenters. The van der Waals surface area contributed by atoms with Gasteiger partial charge < -0.3 is 10.2 Å². The molecule has 0 bridgehead atoms. The summed E-state index contributed by atoms with van der Waals surface area (Å²) >= 11 is 1.20. The van der Waals surface area contributed by atoms with E-state index in [0.717, 1.165) is 30.1 Å². The molecule has 0 saturated carbocycles. The second-order valence-electron chi connectivity index (χ2n) is 6.03. The first-order chi connectivity index (χ1) is 10.9. The van der Waals surface area contributed by atoms with Crippen molar-refractivity contribution in [1.29, 1.82) is 0 Å². The first kappa shape index (κ1) is 18.4. The first-order valence-corrected chi connectivity index (χ1v) is 10.1. The number of amides is 1. The minimum absolute atomic E-state index is 0.120. The van der Waals surface area contributed by atoms with Crippen LogP contribution in [0.5, 0.6) is 0 Å². The summed E-state index contributed by atoms with van der Waals surface area (Å²) in [5.41, 5.74) is 0. The molecule has 0 aromatic carbocycles. The van der Waals surface area contributed by atoms with Gasteiger partial charge in [0.2, 0.25) is 10.0 Å².